The summed E-state index contributed by atoms with van der Waals surface area (Å²) < 4.78 is 3.62. The number of rotatable bonds is 5. The highest BCUT2D eigenvalue weighted by Gasteiger charge is 2.18. The van der Waals surface area contributed by atoms with Crippen molar-refractivity contribution >= 4 is 63.4 Å². The minimum Gasteiger partial charge on any atom is -0.370 e. The maximum atomic E-state index is 12.7. The largest absolute Gasteiger partial charge is 0.370 e. The normalized spacial score (nSPS) is 12.9. The number of nitrogens with zero attached hydrogens (tertiary/aromatic N) is 5. The Morgan fingerprint density at radius 2 is 1.23 bits per heavy atom. The van der Waals surface area contributed by atoms with E-state index in [1.54, 1.807) is 35.0 Å². The van der Waals surface area contributed by atoms with Crippen LogP contribution in [0.5, 0.6) is 0 Å². The Labute approximate surface area is 264 Å². The van der Waals surface area contributed by atoms with Gasteiger partial charge in [0.15, 0.2) is 0 Å². The van der Waals surface area contributed by atoms with Crippen molar-refractivity contribution in [1.82, 2.24) is 18.8 Å². The Kier molecular flexibility index (Phi) is 8.76. The van der Waals surface area contributed by atoms with Crippen molar-refractivity contribution in [2.45, 2.75) is 19.3 Å². The van der Waals surface area contributed by atoms with E-state index in [1.165, 1.54) is 19.3 Å². The molecular formula is C33H29Cl2N7O2. The number of carbonyl (C=O) groups is 2. The number of benzene rings is 2. The van der Waals surface area contributed by atoms with Gasteiger partial charge in [-0.25, -0.2) is 9.97 Å². The Bertz CT molecular complexity index is 1880. The summed E-state index contributed by atoms with van der Waals surface area (Å²) in [7, 11) is 0. The average molecular weight is 627 g/mol. The minimum absolute atomic E-state index is 0.232. The molecule has 9 nitrogen and oxygen atoms in total. The number of anilines is 3. The van der Waals surface area contributed by atoms with Crippen molar-refractivity contribution < 1.29 is 9.59 Å². The van der Waals surface area contributed by atoms with Crippen LogP contribution in [0.1, 0.15) is 40.2 Å². The monoisotopic (exact) mass is 625 g/mol. The predicted molar refractivity (Wildman–Crippen MR) is 175 cm³/mol. The molecule has 1 aliphatic heterocycles. The van der Waals surface area contributed by atoms with Crippen molar-refractivity contribution in [2.24, 2.45) is 0 Å². The predicted octanol–water partition coefficient (Wildman–Crippen LogP) is 7.47. The Balaban J connectivity index is 0.000000162. The third-order valence-electron chi connectivity index (χ3n) is 7.22. The molecule has 0 radical (unpaired) electrons. The number of halogens is 2. The number of aromatic nitrogens is 4. The third-order valence-corrected chi connectivity index (χ3v) is 7.78. The van der Waals surface area contributed by atoms with Gasteiger partial charge in [0.1, 0.15) is 22.7 Å². The fraction of sp³-hybridized carbons (Fsp3) is 0.152. The molecule has 0 saturated carbocycles. The highest BCUT2D eigenvalue weighted by Crippen LogP contribution is 2.31. The molecule has 222 valence electrons. The van der Waals surface area contributed by atoms with Crippen LogP contribution < -0.4 is 15.5 Å². The molecule has 6 aromatic rings. The maximum Gasteiger partial charge on any atom is 0.275 e. The number of fused-ring (bicyclic) bond motifs is 2. The van der Waals surface area contributed by atoms with E-state index in [2.05, 4.69) is 25.5 Å². The van der Waals surface area contributed by atoms with Crippen LogP contribution in [0.3, 0.4) is 0 Å². The SMILES string of the molecule is O=C(Nc1cc(Cl)ccc1N1CCCCC1)c1cn2ccccc2n1.O=C(Nc1ccccc1Cl)c1cn2ccccc2n1. The quantitative estimate of drug-likeness (QED) is 0.207. The molecule has 0 unspecified atom stereocenters. The highest BCUT2D eigenvalue weighted by atomic mass is 35.5. The zero-order chi connectivity index (χ0) is 30.5. The second-order valence-corrected chi connectivity index (χ2v) is 11.1. The summed E-state index contributed by atoms with van der Waals surface area (Å²) in [6.45, 7) is 2.00. The maximum absolute atomic E-state index is 12.7. The van der Waals surface area contributed by atoms with Gasteiger partial charge in [-0.15, -0.1) is 0 Å². The van der Waals surface area contributed by atoms with E-state index in [-0.39, 0.29) is 11.8 Å². The Hall–Kier alpha value is -4.86. The van der Waals surface area contributed by atoms with Gasteiger partial charge in [-0.3, -0.25) is 9.59 Å². The minimum atomic E-state index is -0.281. The number of pyridine rings is 2. The van der Waals surface area contributed by atoms with E-state index in [9.17, 15) is 9.59 Å². The first-order chi connectivity index (χ1) is 21.4. The smallest absolute Gasteiger partial charge is 0.275 e. The first-order valence-electron chi connectivity index (χ1n) is 14.2. The van der Waals surface area contributed by atoms with Crippen molar-refractivity contribution in [2.75, 3.05) is 28.6 Å². The van der Waals surface area contributed by atoms with Gasteiger partial charge in [-0.1, -0.05) is 47.5 Å². The summed E-state index contributed by atoms with van der Waals surface area (Å²) in [5, 5.41) is 6.83. The lowest BCUT2D eigenvalue weighted by Gasteiger charge is -2.30. The number of piperidine rings is 1. The molecule has 2 aromatic carbocycles. The van der Waals surface area contributed by atoms with Crippen LogP contribution in [0.15, 0.2) is 104 Å². The number of hydrogen-bond donors (Lipinski definition) is 2. The summed E-state index contributed by atoms with van der Waals surface area (Å²) in [5.41, 5.74) is 4.53. The van der Waals surface area contributed by atoms with Gasteiger partial charge in [0.05, 0.1) is 22.1 Å². The fourth-order valence-corrected chi connectivity index (χ4v) is 5.40. The topological polar surface area (TPSA) is 96.0 Å². The summed E-state index contributed by atoms with van der Waals surface area (Å²) in [6, 6.07) is 24.0. The number of carbonyl (C=O) groups excluding carboxylic acids is 2. The molecule has 0 spiro atoms. The van der Waals surface area contributed by atoms with E-state index in [0.29, 0.717) is 27.1 Å². The van der Waals surface area contributed by atoms with Crippen LogP contribution in [0, 0.1) is 0 Å². The molecule has 44 heavy (non-hydrogen) atoms. The summed E-state index contributed by atoms with van der Waals surface area (Å²) in [4.78, 5) is 35.7. The molecule has 0 atom stereocenters. The molecule has 0 bridgehead atoms. The van der Waals surface area contributed by atoms with Gasteiger partial charge in [0.25, 0.3) is 11.8 Å². The van der Waals surface area contributed by atoms with E-state index >= 15 is 0 Å². The van der Waals surface area contributed by atoms with Gasteiger partial charge in [0, 0.05) is 42.9 Å². The third kappa shape index (κ3) is 6.69. The molecule has 2 amide bonds. The molecular weight excluding hydrogens is 597 g/mol. The van der Waals surface area contributed by atoms with Gasteiger partial charge in [-0.2, -0.15) is 0 Å². The molecule has 1 fully saturated rings. The fourth-order valence-electron chi connectivity index (χ4n) is 5.04. The first kappa shape index (κ1) is 29.2. The second-order valence-electron chi connectivity index (χ2n) is 10.3. The average Bonchev–Trinajstić information content (AvgIpc) is 3.68. The Morgan fingerprint density at radius 3 is 1.82 bits per heavy atom. The van der Waals surface area contributed by atoms with Crippen LogP contribution in [0.4, 0.5) is 17.1 Å². The van der Waals surface area contributed by atoms with Crippen LogP contribution in [0.25, 0.3) is 11.3 Å². The van der Waals surface area contributed by atoms with Gasteiger partial charge < -0.3 is 24.3 Å². The van der Waals surface area contributed by atoms with Crippen LogP contribution in [-0.4, -0.2) is 43.7 Å². The standard InChI is InChI=1S/C19H19ClN4O.C14H10ClN3O/c20-14-7-8-17(23-9-3-1-4-10-23)15(12-14)22-19(25)16-13-24-11-5-2-6-18(24)21-16;15-10-5-1-2-6-11(10)17-14(19)12-9-18-8-4-3-7-13(18)16-12/h2,5-8,11-13H,1,3-4,9-10H2,(H,22,25);1-9H,(H,17,19). The Morgan fingerprint density at radius 1 is 0.659 bits per heavy atom. The molecule has 1 saturated heterocycles. The van der Waals surface area contributed by atoms with Crippen molar-refractivity contribution in [3.05, 3.63) is 125 Å². The summed E-state index contributed by atoms with van der Waals surface area (Å²) in [6.07, 6.45) is 10.7. The number of amides is 2. The summed E-state index contributed by atoms with van der Waals surface area (Å²) in [5.74, 6) is -0.513. The number of hydrogen-bond acceptors (Lipinski definition) is 5. The number of imidazole rings is 2. The van der Waals surface area contributed by atoms with Crippen molar-refractivity contribution in [3.63, 3.8) is 0 Å². The molecule has 11 heteroatoms. The molecule has 2 N–H and O–H groups in total. The van der Waals surface area contributed by atoms with E-state index < -0.39 is 0 Å². The number of nitrogens with one attached hydrogen (secondary N) is 2. The van der Waals surface area contributed by atoms with Crippen LogP contribution in [-0.2, 0) is 0 Å². The summed E-state index contributed by atoms with van der Waals surface area (Å²) >= 11 is 12.2. The lowest BCUT2D eigenvalue weighted by atomic mass is 10.1. The van der Waals surface area contributed by atoms with Gasteiger partial charge >= 0.3 is 0 Å². The van der Waals surface area contributed by atoms with Crippen molar-refractivity contribution in [3.8, 4) is 0 Å². The molecule has 7 rings (SSSR count). The molecule has 4 aromatic heterocycles. The zero-order valence-electron chi connectivity index (χ0n) is 23.7. The van der Waals surface area contributed by atoms with Crippen molar-refractivity contribution in [1.29, 1.82) is 0 Å². The van der Waals surface area contributed by atoms with Crippen LogP contribution >= 0.6 is 23.2 Å². The zero-order valence-corrected chi connectivity index (χ0v) is 25.2. The van der Waals surface area contributed by atoms with Gasteiger partial charge in [0.2, 0.25) is 0 Å². The lowest BCUT2D eigenvalue weighted by Crippen LogP contribution is -2.30. The van der Waals surface area contributed by atoms with E-state index in [1.807, 2.05) is 77.5 Å². The molecule has 0 aliphatic carbocycles. The second kappa shape index (κ2) is 13.2. The molecule has 5 heterocycles. The first-order valence-corrected chi connectivity index (χ1v) is 15.0. The van der Waals surface area contributed by atoms with Crippen LogP contribution in [0.2, 0.25) is 10.0 Å². The van der Waals surface area contributed by atoms with Gasteiger partial charge in [-0.05, 0) is 73.9 Å². The highest BCUT2D eigenvalue weighted by molar-refractivity contribution is 6.34. The van der Waals surface area contributed by atoms with E-state index in [0.717, 1.165) is 35.8 Å². The lowest BCUT2D eigenvalue weighted by molar-refractivity contribution is 0.101. The molecule has 1 aliphatic rings. The number of para-hydroxylation sites is 1. The van der Waals surface area contributed by atoms with E-state index in [4.69, 9.17) is 23.2 Å².